The summed E-state index contributed by atoms with van der Waals surface area (Å²) in [5.74, 6) is 1.32. The number of nitrogens with zero attached hydrogens (tertiary/aromatic N) is 2. The van der Waals surface area contributed by atoms with E-state index in [-0.39, 0.29) is 5.88 Å². The quantitative estimate of drug-likeness (QED) is 0.138. The van der Waals surface area contributed by atoms with Gasteiger partial charge < -0.3 is 9.47 Å². The number of ether oxygens (including phenoxy) is 2. The Bertz CT molecular complexity index is 1040. The van der Waals surface area contributed by atoms with Crippen molar-refractivity contribution in [3.05, 3.63) is 84.7 Å². The van der Waals surface area contributed by atoms with Gasteiger partial charge in [0.15, 0.2) is 0 Å². The Kier molecular flexibility index (Phi) is 10.5. The van der Waals surface area contributed by atoms with Crippen molar-refractivity contribution in [1.29, 1.82) is 0 Å². The first kappa shape index (κ1) is 26.1. The Morgan fingerprint density at radius 1 is 1.00 bits per heavy atom. The highest BCUT2D eigenvalue weighted by Crippen LogP contribution is 2.22. The summed E-state index contributed by atoms with van der Waals surface area (Å²) in [6, 6.07) is 15.3. The number of rotatable bonds is 14. The number of aromatic nitrogens is 2. The molecule has 0 aliphatic carbocycles. The van der Waals surface area contributed by atoms with Crippen LogP contribution < -0.4 is 9.47 Å². The fraction of sp³-hybridized carbons (Fsp3) is 0.367. The Morgan fingerprint density at radius 2 is 1.77 bits per heavy atom. The number of esters is 1. The smallest absolute Gasteiger partial charge is 0.344 e. The number of allylic oxidation sites excluding steroid dienone is 1. The summed E-state index contributed by atoms with van der Waals surface area (Å²) in [6.07, 6.45) is 12.7. The lowest BCUT2D eigenvalue weighted by Crippen LogP contribution is -2.09. The van der Waals surface area contributed by atoms with Crippen LogP contribution in [0.1, 0.15) is 68.3 Å². The number of carbonyl (C=O) groups is 1. The minimum absolute atomic E-state index is 0.175. The van der Waals surface area contributed by atoms with Crippen molar-refractivity contribution in [3.8, 4) is 22.9 Å². The summed E-state index contributed by atoms with van der Waals surface area (Å²) in [5.41, 5.74) is 3.32. The van der Waals surface area contributed by atoms with E-state index >= 15 is 0 Å². The molecule has 0 aliphatic rings. The Balaban J connectivity index is 1.48. The zero-order valence-electron chi connectivity index (χ0n) is 20.9. The second-order valence-corrected chi connectivity index (χ2v) is 8.89. The van der Waals surface area contributed by atoms with Gasteiger partial charge in [-0.1, -0.05) is 38.5 Å². The highest BCUT2D eigenvalue weighted by molar-refractivity contribution is 5.90. The summed E-state index contributed by atoms with van der Waals surface area (Å²) in [6.45, 7) is 8.96. The molecule has 0 spiro atoms. The van der Waals surface area contributed by atoms with Gasteiger partial charge in [0.1, 0.15) is 5.75 Å². The van der Waals surface area contributed by atoms with Gasteiger partial charge in [0.25, 0.3) is 0 Å². The molecule has 35 heavy (non-hydrogen) atoms. The number of aryl methyl sites for hydroxylation is 1. The maximum Gasteiger partial charge on any atom is 0.344 e. The minimum Gasteiger partial charge on any atom is -0.494 e. The van der Waals surface area contributed by atoms with Crippen LogP contribution in [-0.2, 0) is 6.42 Å². The number of benzene rings is 2. The number of carbonyl (C=O) groups excluding carboxylic acids is 1. The van der Waals surface area contributed by atoms with Crippen LogP contribution in [0.25, 0.3) is 11.3 Å². The monoisotopic (exact) mass is 472 g/mol. The van der Waals surface area contributed by atoms with Crippen LogP contribution in [0.2, 0.25) is 0 Å². The maximum absolute atomic E-state index is 12.5. The van der Waals surface area contributed by atoms with E-state index in [4.69, 9.17) is 9.47 Å². The van der Waals surface area contributed by atoms with Crippen LogP contribution in [0.4, 0.5) is 0 Å². The number of unbranched alkanes of at least 4 members (excludes halogenated alkanes) is 2. The molecule has 1 aromatic heterocycles. The summed E-state index contributed by atoms with van der Waals surface area (Å²) in [5, 5.41) is 0. The van der Waals surface area contributed by atoms with Crippen LogP contribution in [0.15, 0.2) is 73.6 Å². The molecule has 2 aromatic carbocycles. The molecule has 0 bridgehead atoms. The average molecular weight is 473 g/mol. The van der Waals surface area contributed by atoms with Crippen LogP contribution in [0.5, 0.6) is 11.6 Å². The van der Waals surface area contributed by atoms with Crippen LogP contribution >= 0.6 is 0 Å². The third-order valence-electron chi connectivity index (χ3n) is 6.10. The van der Waals surface area contributed by atoms with Gasteiger partial charge in [0, 0.05) is 5.56 Å². The molecular weight excluding hydrogens is 436 g/mol. The summed E-state index contributed by atoms with van der Waals surface area (Å²) in [4.78, 5) is 21.1. The van der Waals surface area contributed by atoms with E-state index in [1.807, 2.05) is 42.5 Å². The van der Waals surface area contributed by atoms with Crippen molar-refractivity contribution in [2.75, 3.05) is 6.61 Å². The lowest BCUT2D eigenvalue weighted by Gasteiger charge is -2.10. The van der Waals surface area contributed by atoms with Gasteiger partial charge in [-0.15, -0.1) is 6.58 Å². The summed E-state index contributed by atoms with van der Waals surface area (Å²) < 4.78 is 11.2. The van der Waals surface area contributed by atoms with Gasteiger partial charge in [-0.2, -0.15) is 0 Å². The molecular formula is C30H36N2O3. The van der Waals surface area contributed by atoms with E-state index < -0.39 is 5.97 Å². The van der Waals surface area contributed by atoms with Gasteiger partial charge in [-0.25, -0.2) is 14.8 Å². The normalized spacial score (nSPS) is 11.6. The third-order valence-corrected chi connectivity index (χ3v) is 6.10. The fourth-order valence-electron chi connectivity index (χ4n) is 3.65. The van der Waals surface area contributed by atoms with E-state index in [1.54, 1.807) is 18.3 Å². The van der Waals surface area contributed by atoms with E-state index in [0.29, 0.717) is 11.3 Å². The van der Waals surface area contributed by atoms with E-state index in [1.165, 1.54) is 24.6 Å². The molecule has 0 fully saturated rings. The number of hydrogen-bond donors (Lipinski definition) is 0. The molecule has 0 N–H and O–H groups in total. The maximum atomic E-state index is 12.5. The second kappa shape index (κ2) is 14.1. The Hall–Kier alpha value is -3.47. The first-order valence-corrected chi connectivity index (χ1v) is 12.6. The highest BCUT2D eigenvalue weighted by Gasteiger charge is 2.11. The zero-order valence-corrected chi connectivity index (χ0v) is 20.9. The molecule has 184 valence electrons. The van der Waals surface area contributed by atoms with Crippen molar-refractivity contribution in [3.63, 3.8) is 0 Å². The first-order chi connectivity index (χ1) is 17.1. The zero-order chi connectivity index (χ0) is 24.9. The van der Waals surface area contributed by atoms with Crippen molar-refractivity contribution in [2.45, 2.75) is 58.8 Å². The number of hydrogen-bond acceptors (Lipinski definition) is 5. The molecule has 3 aromatic rings. The average Bonchev–Trinajstić information content (AvgIpc) is 2.90. The van der Waals surface area contributed by atoms with E-state index in [2.05, 4.69) is 30.4 Å². The molecule has 5 nitrogen and oxygen atoms in total. The molecule has 0 amide bonds. The SMILES string of the molecule is C=CCCCCc1ccc(C(=O)Oc2cnc(-c3ccc(OCCC[C@@H](C)CC)cc3)cn2)cc1. The lowest BCUT2D eigenvalue weighted by atomic mass is 10.0. The molecule has 1 atom stereocenters. The van der Waals surface area contributed by atoms with Crippen LogP contribution in [0, 0.1) is 5.92 Å². The van der Waals surface area contributed by atoms with Gasteiger partial charge >= 0.3 is 5.97 Å². The standard InChI is InChI=1S/C30H36N2O3/c1-4-6-7-8-11-24-12-14-26(15-13-24)30(33)35-29-22-31-28(21-32-29)25-16-18-27(19-17-25)34-20-9-10-23(3)5-2/h4,12-19,21-23H,1,5-11,20H2,2-3H3/t23-/m0/s1. The fourth-order valence-corrected chi connectivity index (χ4v) is 3.65. The topological polar surface area (TPSA) is 61.3 Å². The van der Waals surface area contributed by atoms with Gasteiger partial charge in [0.05, 0.1) is 30.3 Å². The molecule has 3 rings (SSSR count). The first-order valence-electron chi connectivity index (χ1n) is 12.6. The lowest BCUT2D eigenvalue weighted by molar-refractivity contribution is 0.0727. The molecule has 0 aliphatic heterocycles. The van der Waals surface area contributed by atoms with E-state index in [9.17, 15) is 4.79 Å². The van der Waals surface area contributed by atoms with Crippen molar-refractivity contribution < 1.29 is 14.3 Å². The Labute approximate surface area is 209 Å². The minimum atomic E-state index is -0.444. The van der Waals surface area contributed by atoms with Gasteiger partial charge in [0.2, 0.25) is 5.88 Å². The summed E-state index contributed by atoms with van der Waals surface area (Å²) >= 11 is 0. The van der Waals surface area contributed by atoms with Crippen molar-refractivity contribution in [1.82, 2.24) is 9.97 Å². The third kappa shape index (κ3) is 8.67. The van der Waals surface area contributed by atoms with Crippen LogP contribution in [-0.4, -0.2) is 22.5 Å². The molecule has 5 heteroatoms. The second-order valence-electron chi connectivity index (χ2n) is 8.89. The summed E-state index contributed by atoms with van der Waals surface area (Å²) in [7, 11) is 0. The van der Waals surface area contributed by atoms with Crippen molar-refractivity contribution >= 4 is 5.97 Å². The molecule has 0 saturated carbocycles. The largest absolute Gasteiger partial charge is 0.494 e. The predicted octanol–water partition coefficient (Wildman–Crippen LogP) is 7.47. The van der Waals surface area contributed by atoms with E-state index in [0.717, 1.165) is 55.9 Å². The van der Waals surface area contributed by atoms with Gasteiger partial charge in [-0.3, -0.25) is 0 Å². The molecule has 0 radical (unpaired) electrons. The van der Waals surface area contributed by atoms with Crippen LogP contribution in [0.3, 0.4) is 0 Å². The molecule has 0 unspecified atom stereocenters. The Morgan fingerprint density at radius 3 is 2.43 bits per heavy atom. The highest BCUT2D eigenvalue weighted by atomic mass is 16.5. The molecule has 0 saturated heterocycles. The predicted molar refractivity (Wildman–Crippen MR) is 141 cm³/mol. The van der Waals surface area contributed by atoms with Crippen molar-refractivity contribution in [2.24, 2.45) is 5.92 Å². The van der Waals surface area contributed by atoms with Gasteiger partial charge in [-0.05, 0) is 86.4 Å². The molecule has 1 heterocycles.